The van der Waals surface area contributed by atoms with Crippen LogP contribution >= 0.6 is 11.6 Å². The van der Waals surface area contributed by atoms with Crippen LogP contribution in [0.4, 0.5) is 11.4 Å². The SMILES string of the molecule is Nc1ccccc1CN1CCN(c2cccc(Cl)c2)CC1. The van der Waals surface area contributed by atoms with Crippen molar-refractivity contribution in [3.8, 4) is 0 Å². The van der Waals surface area contributed by atoms with E-state index in [2.05, 4.69) is 21.9 Å². The standard InChI is InChI=1S/C17H20ClN3/c18-15-5-3-6-16(12-15)21-10-8-20(9-11-21)13-14-4-1-2-7-17(14)19/h1-7,12H,8-11,13,19H2. The van der Waals surface area contributed by atoms with Gasteiger partial charge in [0.25, 0.3) is 0 Å². The Bertz CT molecular complexity index is 606. The number of halogens is 1. The van der Waals surface area contributed by atoms with E-state index in [-0.39, 0.29) is 0 Å². The molecule has 0 aromatic heterocycles. The molecule has 2 N–H and O–H groups in total. The topological polar surface area (TPSA) is 32.5 Å². The second kappa shape index (κ2) is 6.37. The molecule has 110 valence electrons. The van der Waals surface area contributed by atoms with Gasteiger partial charge in [-0.25, -0.2) is 0 Å². The van der Waals surface area contributed by atoms with Gasteiger partial charge in [0.1, 0.15) is 0 Å². The predicted molar refractivity (Wildman–Crippen MR) is 89.8 cm³/mol. The molecule has 2 aromatic carbocycles. The summed E-state index contributed by atoms with van der Waals surface area (Å²) in [7, 11) is 0. The second-order valence-electron chi connectivity index (χ2n) is 5.44. The van der Waals surface area contributed by atoms with Crippen molar-refractivity contribution in [2.24, 2.45) is 0 Å². The van der Waals surface area contributed by atoms with Crippen molar-refractivity contribution < 1.29 is 0 Å². The third-order valence-corrected chi connectivity index (χ3v) is 4.23. The monoisotopic (exact) mass is 301 g/mol. The van der Waals surface area contributed by atoms with E-state index in [1.807, 2.05) is 36.4 Å². The molecule has 0 unspecified atom stereocenters. The highest BCUT2D eigenvalue weighted by Gasteiger charge is 2.17. The van der Waals surface area contributed by atoms with Crippen LogP contribution in [0, 0.1) is 0 Å². The van der Waals surface area contributed by atoms with Crippen molar-refractivity contribution in [3.05, 3.63) is 59.1 Å². The molecule has 4 heteroatoms. The quantitative estimate of drug-likeness (QED) is 0.883. The number of para-hydroxylation sites is 1. The van der Waals surface area contributed by atoms with Crippen LogP contribution in [0.15, 0.2) is 48.5 Å². The molecule has 2 aromatic rings. The fourth-order valence-corrected chi connectivity index (χ4v) is 2.94. The average molecular weight is 302 g/mol. The van der Waals surface area contributed by atoms with Crippen molar-refractivity contribution in [2.45, 2.75) is 6.54 Å². The first-order valence-electron chi connectivity index (χ1n) is 7.28. The zero-order valence-corrected chi connectivity index (χ0v) is 12.8. The number of nitrogens with two attached hydrogens (primary N) is 1. The van der Waals surface area contributed by atoms with Crippen molar-refractivity contribution >= 4 is 23.0 Å². The molecule has 0 spiro atoms. The van der Waals surface area contributed by atoms with E-state index in [9.17, 15) is 0 Å². The van der Waals surface area contributed by atoms with Gasteiger partial charge in [-0.1, -0.05) is 35.9 Å². The Balaban J connectivity index is 1.59. The average Bonchev–Trinajstić information content (AvgIpc) is 2.50. The Labute approximate surface area is 130 Å². The molecule has 3 rings (SSSR count). The molecule has 3 nitrogen and oxygen atoms in total. The minimum atomic E-state index is 0.798. The summed E-state index contributed by atoms with van der Waals surface area (Å²) in [6.07, 6.45) is 0. The smallest absolute Gasteiger partial charge is 0.0426 e. The maximum atomic E-state index is 6.07. The van der Waals surface area contributed by atoms with Gasteiger partial charge in [0.15, 0.2) is 0 Å². The largest absolute Gasteiger partial charge is 0.398 e. The summed E-state index contributed by atoms with van der Waals surface area (Å²) in [5, 5.41) is 0.798. The molecule has 1 fully saturated rings. The fraction of sp³-hybridized carbons (Fsp3) is 0.294. The number of nitrogen functional groups attached to an aromatic ring is 1. The number of piperazine rings is 1. The first-order chi connectivity index (χ1) is 10.2. The second-order valence-corrected chi connectivity index (χ2v) is 5.88. The predicted octanol–water partition coefficient (Wildman–Crippen LogP) is 3.24. The third kappa shape index (κ3) is 3.49. The summed E-state index contributed by atoms with van der Waals surface area (Å²) >= 11 is 6.07. The first-order valence-corrected chi connectivity index (χ1v) is 7.66. The van der Waals surface area contributed by atoms with Crippen molar-refractivity contribution in [1.82, 2.24) is 4.90 Å². The normalized spacial score (nSPS) is 16.1. The summed E-state index contributed by atoms with van der Waals surface area (Å²) in [6, 6.07) is 16.2. The van der Waals surface area contributed by atoms with Crippen LogP contribution in [0.1, 0.15) is 5.56 Å². The molecule has 0 atom stereocenters. The van der Waals surface area contributed by atoms with Gasteiger partial charge in [-0.15, -0.1) is 0 Å². The number of nitrogens with zero attached hydrogens (tertiary/aromatic N) is 2. The van der Waals surface area contributed by atoms with Gasteiger partial charge in [0.05, 0.1) is 0 Å². The van der Waals surface area contributed by atoms with Crippen LogP contribution in [0.3, 0.4) is 0 Å². The van der Waals surface area contributed by atoms with Crippen LogP contribution in [0.2, 0.25) is 5.02 Å². The number of hydrogen-bond donors (Lipinski definition) is 1. The van der Waals surface area contributed by atoms with Gasteiger partial charge in [-0.05, 0) is 29.8 Å². The molecule has 0 aliphatic carbocycles. The lowest BCUT2D eigenvalue weighted by molar-refractivity contribution is 0.250. The van der Waals surface area contributed by atoms with Crippen molar-refractivity contribution in [3.63, 3.8) is 0 Å². The number of benzene rings is 2. The highest BCUT2D eigenvalue weighted by molar-refractivity contribution is 6.30. The molecule has 1 aliphatic rings. The lowest BCUT2D eigenvalue weighted by atomic mass is 10.1. The molecule has 1 heterocycles. The molecular weight excluding hydrogens is 282 g/mol. The van der Waals surface area contributed by atoms with E-state index in [4.69, 9.17) is 17.3 Å². The first kappa shape index (κ1) is 14.2. The summed E-state index contributed by atoms with van der Waals surface area (Å²) in [5.74, 6) is 0. The van der Waals surface area contributed by atoms with E-state index < -0.39 is 0 Å². The van der Waals surface area contributed by atoms with Crippen LogP contribution < -0.4 is 10.6 Å². The minimum absolute atomic E-state index is 0.798. The van der Waals surface area contributed by atoms with Crippen LogP contribution in [-0.2, 0) is 6.54 Å². The molecule has 0 saturated carbocycles. The van der Waals surface area contributed by atoms with Crippen LogP contribution in [0.25, 0.3) is 0 Å². The highest BCUT2D eigenvalue weighted by Crippen LogP contribution is 2.21. The molecule has 0 radical (unpaired) electrons. The molecule has 21 heavy (non-hydrogen) atoms. The lowest BCUT2D eigenvalue weighted by Crippen LogP contribution is -2.46. The van der Waals surface area contributed by atoms with Gasteiger partial charge < -0.3 is 10.6 Å². The van der Waals surface area contributed by atoms with Crippen molar-refractivity contribution in [1.29, 1.82) is 0 Å². The van der Waals surface area contributed by atoms with Gasteiger partial charge in [0.2, 0.25) is 0 Å². The summed E-state index contributed by atoms with van der Waals surface area (Å²) in [6.45, 7) is 5.05. The highest BCUT2D eigenvalue weighted by atomic mass is 35.5. The Kier molecular flexibility index (Phi) is 4.32. The lowest BCUT2D eigenvalue weighted by Gasteiger charge is -2.36. The summed E-state index contributed by atoms with van der Waals surface area (Å²) in [5.41, 5.74) is 9.33. The minimum Gasteiger partial charge on any atom is -0.398 e. The Morgan fingerprint density at radius 3 is 2.43 bits per heavy atom. The zero-order valence-electron chi connectivity index (χ0n) is 12.0. The third-order valence-electron chi connectivity index (χ3n) is 3.99. The Hall–Kier alpha value is -1.71. The molecular formula is C17H20ClN3. The Morgan fingerprint density at radius 1 is 0.952 bits per heavy atom. The number of rotatable bonds is 3. The van der Waals surface area contributed by atoms with E-state index in [0.717, 1.165) is 43.4 Å². The number of anilines is 2. The van der Waals surface area contributed by atoms with E-state index in [1.54, 1.807) is 0 Å². The molecule has 0 amide bonds. The molecule has 0 bridgehead atoms. The van der Waals surface area contributed by atoms with E-state index in [0.29, 0.717) is 0 Å². The van der Waals surface area contributed by atoms with Gasteiger partial charge in [-0.2, -0.15) is 0 Å². The number of hydrogen-bond acceptors (Lipinski definition) is 3. The zero-order chi connectivity index (χ0) is 14.7. The fourth-order valence-electron chi connectivity index (χ4n) is 2.76. The van der Waals surface area contributed by atoms with Crippen LogP contribution in [0.5, 0.6) is 0 Å². The van der Waals surface area contributed by atoms with E-state index in [1.165, 1.54) is 11.3 Å². The maximum absolute atomic E-state index is 6.07. The van der Waals surface area contributed by atoms with Crippen molar-refractivity contribution in [2.75, 3.05) is 36.8 Å². The molecule has 1 aliphatic heterocycles. The summed E-state index contributed by atoms with van der Waals surface area (Å²) < 4.78 is 0. The van der Waals surface area contributed by atoms with Gasteiger partial charge in [-0.3, -0.25) is 4.90 Å². The Morgan fingerprint density at radius 2 is 1.71 bits per heavy atom. The molecule has 1 saturated heterocycles. The maximum Gasteiger partial charge on any atom is 0.0426 e. The summed E-state index contributed by atoms with van der Waals surface area (Å²) in [4.78, 5) is 4.84. The van der Waals surface area contributed by atoms with E-state index >= 15 is 0 Å². The van der Waals surface area contributed by atoms with Gasteiger partial charge in [0, 0.05) is 49.1 Å². The van der Waals surface area contributed by atoms with Crippen LogP contribution in [-0.4, -0.2) is 31.1 Å². The van der Waals surface area contributed by atoms with Gasteiger partial charge >= 0.3 is 0 Å².